The minimum Gasteiger partial charge on any atom is -0.493 e. The second kappa shape index (κ2) is 14.0. The minimum atomic E-state index is -0.906. The van der Waals surface area contributed by atoms with E-state index in [4.69, 9.17) is 9.84 Å². The molecule has 9 heteroatoms. The molecule has 0 spiro atoms. The topological polar surface area (TPSA) is 78.9 Å². The van der Waals surface area contributed by atoms with Crippen molar-refractivity contribution in [2.75, 3.05) is 19.7 Å². The molecular weight excluding hydrogens is 474 g/mol. The van der Waals surface area contributed by atoms with Gasteiger partial charge in [0.05, 0.1) is 12.2 Å². The molecule has 0 atom stereocenters. The summed E-state index contributed by atoms with van der Waals surface area (Å²) in [4.78, 5) is 22.2. The Morgan fingerprint density at radius 3 is 2.49 bits per heavy atom. The molecule has 192 valence electrons. The molecule has 1 heterocycles. The molecule has 2 N–H and O–H groups in total. The quantitative estimate of drug-likeness (QED) is 0.254. The van der Waals surface area contributed by atoms with E-state index in [0.717, 1.165) is 62.2 Å². The molecule has 2 aromatic rings. The van der Waals surface area contributed by atoms with Gasteiger partial charge in [0.25, 0.3) is 0 Å². The SMILES string of the molecule is CC(C)(C)CCCOc1ccc(F)c(F)c1.O=CNC1CCN(Sc2cccc(C(=O)O)c2)CC1. The fourth-order valence-corrected chi connectivity index (χ4v) is 4.41. The highest BCUT2D eigenvalue weighted by molar-refractivity contribution is 7.97. The number of carbonyl (C=O) groups excluding carboxylic acids is 1. The van der Waals surface area contributed by atoms with Crippen molar-refractivity contribution < 1.29 is 28.2 Å². The predicted octanol–water partition coefficient (Wildman–Crippen LogP) is 5.77. The number of nitrogens with zero attached hydrogens (tertiary/aromatic N) is 1. The number of halogens is 2. The van der Waals surface area contributed by atoms with E-state index >= 15 is 0 Å². The summed E-state index contributed by atoms with van der Waals surface area (Å²) in [6.45, 7) is 8.77. The van der Waals surface area contributed by atoms with Crippen LogP contribution in [0.1, 0.15) is 56.8 Å². The molecule has 35 heavy (non-hydrogen) atoms. The van der Waals surface area contributed by atoms with Crippen LogP contribution in [0.5, 0.6) is 5.75 Å². The number of hydrogen-bond donors (Lipinski definition) is 2. The number of rotatable bonds is 9. The first kappa shape index (κ1) is 28.6. The molecule has 1 aliphatic heterocycles. The van der Waals surface area contributed by atoms with Crippen LogP contribution in [-0.2, 0) is 4.79 Å². The van der Waals surface area contributed by atoms with E-state index in [1.54, 1.807) is 30.1 Å². The van der Waals surface area contributed by atoms with Crippen molar-refractivity contribution >= 4 is 24.3 Å². The zero-order valence-corrected chi connectivity index (χ0v) is 21.2. The van der Waals surface area contributed by atoms with E-state index in [-0.39, 0.29) is 11.5 Å². The second-order valence-electron chi connectivity index (χ2n) is 9.50. The van der Waals surface area contributed by atoms with Gasteiger partial charge in [0.2, 0.25) is 6.41 Å². The van der Waals surface area contributed by atoms with E-state index in [9.17, 15) is 18.4 Å². The number of carboxylic acid groups (broad SMARTS) is 1. The van der Waals surface area contributed by atoms with Crippen molar-refractivity contribution in [3.8, 4) is 5.75 Å². The number of amides is 1. The highest BCUT2D eigenvalue weighted by Crippen LogP contribution is 2.27. The lowest BCUT2D eigenvalue weighted by Crippen LogP contribution is -2.39. The molecule has 0 saturated carbocycles. The van der Waals surface area contributed by atoms with Crippen molar-refractivity contribution in [2.24, 2.45) is 5.41 Å². The maximum atomic E-state index is 12.8. The van der Waals surface area contributed by atoms with Crippen molar-refractivity contribution in [1.29, 1.82) is 0 Å². The fourth-order valence-electron chi connectivity index (χ4n) is 3.40. The molecule has 0 radical (unpaired) electrons. The van der Waals surface area contributed by atoms with Gasteiger partial charge in [0.15, 0.2) is 11.6 Å². The number of carbonyl (C=O) groups is 2. The molecule has 1 fully saturated rings. The summed E-state index contributed by atoms with van der Waals surface area (Å²) in [5.74, 6) is -2.24. The number of carboxylic acids is 1. The lowest BCUT2D eigenvalue weighted by Gasteiger charge is -2.30. The van der Waals surface area contributed by atoms with E-state index < -0.39 is 17.6 Å². The summed E-state index contributed by atoms with van der Waals surface area (Å²) in [5.41, 5.74) is 0.583. The van der Waals surface area contributed by atoms with Gasteiger partial charge in [-0.15, -0.1) is 0 Å². The van der Waals surface area contributed by atoms with Gasteiger partial charge in [-0.05, 0) is 73.4 Å². The molecule has 3 rings (SSSR count). The second-order valence-corrected chi connectivity index (χ2v) is 10.7. The monoisotopic (exact) mass is 508 g/mol. The van der Waals surface area contributed by atoms with Gasteiger partial charge in [-0.1, -0.05) is 26.8 Å². The van der Waals surface area contributed by atoms with E-state index in [1.807, 2.05) is 6.07 Å². The number of benzene rings is 2. The Morgan fingerprint density at radius 1 is 1.17 bits per heavy atom. The first-order valence-corrected chi connectivity index (χ1v) is 12.4. The highest BCUT2D eigenvalue weighted by Gasteiger charge is 2.19. The Hall–Kier alpha value is -2.65. The van der Waals surface area contributed by atoms with Crippen LogP contribution in [0.2, 0.25) is 0 Å². The van der Waals surface area contributed by atoms with Gasteiger partial charge in [-0.25, -0.2) is 17.9 Å². The maximum absolute atomic E-state index is 12.8. The Bertz CT molecular complexity index is 961. The number of nitrogens with one attached hydrogen (secondary N) is 1. The Balaban J connectivity index is 0.000000251. The number of hydrogen-bond acceptors (Lipinski definition) is 5. The van der Waals surface area contributed by atoms with Gasteiger partial charge in [0, 0.05) is 30.1 Å². The Kier molecular flexibility index (Phi) is 11.5. The van der Waals surface area contributed by atoms with Crippen molar-refractivity contribution in [3.63, 3.8) is 0 Å². The Labute approximate surface area is 210 Å². The molecule has 0 aromatic heterocycles. The lowest BCUT2D eigenvalue weighted by molar-refractivity contribution is -0.110. The molecule has 0 bridgehead atoms. The summed E-state index contributed by atoms with van der Waals surface area (Å²) >= 11 is 1.57. The van der Waals surface area contributed by atoms with Crippen molar-refractivity contribution in [3.05, 3.63) is 59.7 Å². The predicted molar refractivity (Wildman–Crippen MR) is 134 cm³/mol. The van der Waals surface area contributed by atoms with Crippen LogP contribution in [0, 0.1) is 17.0 Å². The van der Waals surface area contributed by atoms with Crippen LogP contribution >= 0.6 is 11.9 Å². The molecule has 0 unspecified atom stereocenters. The summed E-state index contributed by atoms with van der Waals surface area (Å²) in [5, 5.41) is 11.7. The number of piperidine rings is 1. The standard InChI is InChI=1S/C13H18F2O.C13H16N2O3S/c1-13(2,3)7-4-8-16-10-5-6-11(14)12(15)9-10;16-9-14-11-4-6-15(7-5-11)19-12-3-1-2-10(8-12)13(17)18/h5-6,9H,4,7-8H2,1-3H3;1-3,8-9,11H,4-7H2,(H,14,16)(H,17,18). The van der Waals surface area contributed by atoms with Crippen LogP contribution in [-0.4, -0.2) is 47.5 Å². The van der Waals surface area contributed by atoms with Crippen LogP contribution in [0.15, 0.2) is 47.4 Å². The molecular formula is C26H34F2N2O4S. The molecule has 6 nitrogen and oxygen atoms in total. The van der Waals surface area contributed by atoms with Gasteiger partial charge >= 0.3 is 5.97 Å². The van der Waals surface area contributed by atoms with Gasteiger partial charge in [0.1, 0.15) is 5.75 Å². The largest absolute Gasteiger partial charge is 0.493 e. The summed E-state index contributed by atoms with van der Waals surface area (Å²) in [6, 6.07) is 10.8. The fraction of sp³-hybridized carbons (Fsp3) is 0.462. The van der Waals surface area contributed by atoms with Crippen molar-refractivity contribution in [1.82, 2.24) is 9.62 Å². The third kappa shape index (κ3) is 11.1. The molecule has 1 amide bonds. The smallest absolute Gasteiger partial charge is 0.335 e. The first-order chi connectivity index (χ1) is 16.6. The van der Waals surface area contributed by atoms with Crippen LogP contribution in [0.25, 0.3) is 0 Å². The number of aromatic carboxylic acids is 1. The van der Waals surface area contributed by atoms with Crippen molar-refractivity contribution in [2.45, 2.75) is 57.4 Å². The first-order valence-electron chi connectivity index (χ1n) is 11.6. The average Bonchev–Trinajstić information content (AvgIpc) is 2.80. The zero-order chi connectivity index (χ0) is 25.8. The van der Waals surface area contributed by atoms with E-state index in [1.165, 1.54) is 6.07 Å². The minimum absolute atomic E-state index is 0.264. The Morgan fingerprint density at radius 2 is 1.89 bits per heavy atom. The summed E-state index contributed by atoms with van der Waals surface area (Å²) < 4.78 is 33.0. The third-order valence-electron chi connectivity index (χ3n) is 5.30. The van der Waals surface area contributed by atoms with Gasteiger partial charge < -0.3 is 15.2 Å². The summed E-state index contributed by atoms with van der Waals surface area (Å²) in [7, 11) is 0. The molecule has 1 aliphatic rings. The lowest BCUT2D eigenvalue weighted by atomic mass is 9.91. The third-order valence-corrected chi connectivity index (χ3v) is 6.39. The van der Waals surface area contributed by atoms with Gasteiger partial charge in [-0.2, -0.15) is 0 Å². The van der Waals surface area contributed by atoms with E-state index in [0.29, 0.717) is 17.9 Å². The average molecular weight is 509 g/mol. The summed E-state index contributed by atoms with van der Waals surface area (Å²) in [6.07, 6.45) is 4.54. The van der Waals surface area contributed by atoms with Crippen LogP contribution in [0.4, 0.5) is 8.78 Å². The van der Waals surface area contributed by atoms with E-state index in [2.05, 4.69) is 30.4 Å². The normalized spacial score (nSPS) is 14.5. The number of ether oxygens (including phenoxy) is 1. The van der Waals surface area contributed by atoms with Crippen LogP contribution in [0.3, 0.4) is 0 Å². The maximum Gasteiger partial charge on any atom is 0.335 e. The molecule has 2 aromatic carbocycles. The highest BCUT2D eigenvalue weighted by atomic mass is 32.2. The zero-order valence-electron chi connectivity index (χ0n) is 20.4. The molecule has 0 aliphatic carbocycles. The van der Waals surface area contributed by atoms with Gasteiger partial charge in [-0.3, -0.25) is 4.79 Å². The molecule has 1 saturated heterocycles. The van der Waals surface area contributed by atoms with Crippen LogP contribution < -0.4 is 10.1 Å².